The predicted octanol–water partition coefficient (Wildman–Crippen LogP) is 2.51. The third kappa shape index (κ3) is 5.35. The molecule has 0 fully saturated rings. The summed E-state index contributed by atoms with van der Waals surface area (Å²) >= 11 is 0. The lowest BCUT2D eigenvalue weighted by molar-refractivity contribution is -0.142. The number of aryl methyl sites for hydroxylation is 1. The molecule has 2 aromatic heterocycles. The molecule has 4 N–H and O–H groups in total. The zero-order chi connectivity index (χ0) is 25.0. The van der Waals surface area contributed by atoms with E-state index in [4.69, 9.17) is 10.5 Å². The molecule has 182 valence electrons. The van der Waals surface area contributed by atoms with Gasteiger partial charge in [-0.15, -0.1) is 0 Å². The van der Waals surface area contributed by atoms with E-state index in [0.29, 0.717) is 34.3 Å². The smallest absolute Gasteiger partial charge is 0.437 e. The first-order valence-electron chi connectivity index (χ1n) is 10.2. The highest BCUT2D eigenvalue weighted by molar-refractivity contribution is 6.03. The number of nitrogens with two attached hydrogens (primary N) is 1. The standard InChI is InChI=1S/C21H25F3N8O2/c1-11-16-18(32(3)12(2)19(33)30-16)31-20(29-11)28-10-14(6-25)8-26-7-13-5-15(34-4)17(27-9-13)21(22,23)24/h5-6,8-9,12H,7,10,25H2,1-4H3,(H,30,33)(H,28,29,31)/t12-/m0/s1. The summed E-state index contributed by atoms with van der Waals surface area (Å²) in [5, 5.41) is 5.88. The van der Waals surface area contributed by atoms with Crippen molar-refractivity contribution in [3.05, 3.63) is 41.0 Å². The summed E-state index contributed by atoms with van der Waals surface area (Å²) in [7, 11) is 2.93. The van der Waals surface area contributed by atoms with Crippen LogP contribution in [0, 0.1) is 6.92 Å². The van der Waals surface area contributed by atoms with Gasteiger partial charge in [-0.2, -0.15) is 18.2 Å². The van der Waals surface area contributed by atoms with Crippen LogP contribution in [0.4, 0.5) is 30.6 Å². The van der Waals surface area contributed by atoms with Crippen LogP contribution in [0.1, 0.15) is 23.9 Å². The lowest BCUT2D eigenvalue weighted by atomic mass is 10.2. The molecule has 0 unspecified atom stereocenters. The van der Waals surface area contributed by atoms with Gasteiger partial charge >= 0.3 is 6.18 Å². The third-order valence-electron chi connectivity index (χ3n) is 5.21. The number of halogens is 3. The lowest BCUT2D eigenvalue weighted by Crippen LogP contribution is -2.44. The zero-order valence-electron chi connectivity index (χ0n) is 19.1. The number of ether oxygens (including phenoxy) is 1. The molecule has 0 radical (unpaired) electrons. The number of aromatic nitrogens is 3. The Balaban J connectivity index is 1.66. The van der Waals surface area contributed by atoms with Gasteiger partial charge in [0.05, 0.1) is 19.3 Å². The van der Waals surface area contributed by atoms with Crippen LogP contribution >= 0.6 is 0 Å². The first kappa shape index (κ1) is 24.7. The summed E-state index contributed by atoms with van der Waals surface area (Å²) in [6.45, 7) is 3.87. The molecule has 0 saturated carbocycles. The second kappa shape index (κ2) is 9.93. The molecule has 0 aliphatic carbocycles. The van der Waals surface area contributed by atoms with Gasteiger partial charge in [0.25, 0.3) is 0 Å². The summed E-state index contributed by atoms with van der Waals surface area (Å²) < 4.78 is 43.6. The number of pyridine rings is 1. The van der Waals surface area contributed by atoms with Crippen LogP contribution in [0.25, 0.3) is 0 Å². The molecular weight excluding hydrogens is 453 g/mol. The molecule has 0 aromatic carbocycles. The highest BCUT2D eigenvalue weighted by Gasteiger charge is 2.36. The van der Waals surface area contributed by atoms with Crippen molar-refractivity contribution in [2.45, 2.75) is 32.6 Å². The van der Waals surface area contributed by atoms with E-state index in [1.807, 2.05) is 0 Å². The molecule has 1 atom stereocenters. The molecular formula is C21H25F3N8O2. The second-order valence-corrected chi connectivity index (χ2v) is 7.56. The van der Waals surface area contributed by atoms with E-state index in [-0.39, 0.29) is 30.8 Å². The Hall–Kier alpha value is -3.90. The highest BCUT2D eigenvalue weighted by atomic mass is 19.4. The average molecular weight is 478 g/mol. The van der Waals surface area contributed by atoms with Crippen molar-refractivity contribution in [3.63, 3.8) is 0 Å². The summed E-state index contributed by atoms with van der Waals surface area (Å²) in [4.78, 5) is 30.3. The van der Waals surface area contributed by atoms with E-state index < -0.39 is 11.9 Å². The van der Waals surface area contributed by atoms with Gasteiger partial charge in [-0.05, 0) is 25.5 Å². The number of carbonyl (C=O) groups is 1. The number of rotatable bonds is 7. The molecule has 1 aliphatic heterocycles. The molecule has 2 aromatic rings. The van der Waals surface area contributed by atoms with E-state index in [0.717, 1.165) is 13.3 Å². The van der Waals surface area contributed by atoms with Gasteiger partial charge in [-0.3, -0.25) is 9.79 Å². The Morgan fingerprint density at radius 3 is 2.79 bits per heavy atom. The first-order valence-corrected chi connectivity index (χ1v) is 10.2. The van der Waals surface area contributed by atoms with Crippen LogP contribution in [0.2, 0.25) is 0 Å². The maximum Gasteiger partial charge on any atom is 0.437 e. The van der Waals surface area contributed by atoms with Gasteiger partial charge in [0.1, 0.15) is 17.5 Å². The van der Waals surface area contributed by atoms with Gasteiger partial charge < -0.3 is 26.0 Å². The number of alkyl halides is 3. The zero-order valence-corrected chi connectivity index (χ0v) is 19.1. The third-order valence-corrected chi connectivity index (χ3v) is 5.21. The largest absolute Gasteiger partial charge is 0.494 e. The van der Waals surface area contributed by atoms with Crippen molar-refractivity contribution >= 4 is 29.6 Å². The molecule has 34 heavy (non-hydrogen) atoms. The van der Waals surface area contributed by atoms with Crippen LogP contribution in [0.15, 0.2) is 29.0 Å². The Kier molecular flexibility index (Phi) is 7.23. The Morgan fingerprint density at radius 2 is 2.15 bits per heavy atom. The minimum absolute atomic E-state index is 0.0790. The number of likely N-dealkylation sites (N-methyl/N-ethyl adjacent to an activating group) is 1. The number of amides is 1. The number of carbonyl (C=O) groups excluding carboxylic acids is 1. The topological polar surface area (TPSA) is 131 Å². The molecule has 1 aliphatic rings. The molecule has 1 amide bonds. The molecule has 0 saturated heterocycles. The van der Waals surface area contributed by atoms with Crippen LogP contribution in [0.5, 0.6) is 5.75 Å². The van der Waals surface area contributed by atoms with Crippen molar-refractivity contribution in [3.8, 4) is 5.75 Å². The number of aliphatic imine (C=N–C) groups is 1. The van der Waals surface area contributed by atoms with Crippen LogP contribution < -0.4 is 26.0 Å². The Bertz CT molecular complexity index is 1130. The minimum Gasteiger partial charge on any atom is -0.494 e. The quantitative estimate of drug-likeness (QED) is 0.518. The molecule has 0 bridgehead atoms. The number of hydrogen-bond donors (Lipinski definition) is 3. The predicted molar refractivity (Wildman–Crippen MR) is 122 cm³/mol. The van der Waals surface area contributed by atoms with E-state index in [1.54, 1.807) is 25.8 Å². The van der Waals surface area contributed by atoms with E-state index >= 15 is 0 Å². The van der Waals surface area contributed by atoms with E-state index in [2.05, 4.69) is 30.6 Å². The van der Waals surface area contributed by atoms with Gasteiger partial charge in [-0.1, -0.05) is 0 Å². The minimum atomic E-state index is -4.61. The SMILES string of the molecule is COc1cc(CN=CC(=CN)CNc2nc(C)c3c(n2)N(C)[C@@H](C)C(=O)N3)cnc1C(F)(F)F. The average Bonchev–Trinajstić information content (AvgIpc) is 2.79. The van der Waals surface area contributed by atoms with Crippen molar-refractivity contribution in [1.29, 1.82) is 0 Å². The van der Waals surface area contributed by atoms with Crippen molar-refractivity contribution < 1.29 is 22.7 Å². The second-order valence-electron chi connectivity index (χ2n) is 7.56. The number of methoxy groups -OCH3 is 1. The van der Waals surface area contributed by atoms with Crippen LogP contribution in [0.3, 0.4) is 0 Å². The summed E-state index contributed by atoms with van der Waals surface area (Å²) in [5.74, 6) is 0.438. The molecule has 3 rings (SSSR count). The highest BCUT2D eigenvalue weighted by Crippen LogP contribution is 2.35. The van der Waals surface area contributed by atoms with Crippen molar-refractivity contribution in [2.75, 3.05) is 36.2 Å². The fourth-order valence-electron chi connectivity index (χ4n) is 3.16. The number of fused-ring (bicyclic) bond motifs is 1. The van der Waals surface area contributed by atoms with Crippen LogP contribution in [-0.2, 0) is 17.5 Å². The first-order chi connectivity index (χ1) is 16.0. The maximum atomic E-state index is 12.9. The number of hydrogen-bond acceptors (Lipinski definition) is 9. The normalized spacial score (nSPS) is 16.4. The molecule has 13 heteroatoms. The van der Waals surface area contributed by atoms with Gasteiger partial charge in [0, 0.05) is 37.8 Å². The molecule has 10 nitrogen and oxygen atoms in total. The Labute approximate surface area is 194 Å². The van der Waals surface area contributed by atoms with E-state index in [1.165, 1.54) is 18.5 Å². The summed E-state index contributed by atoms with van der Waals surface area (Å²) in [6, 6.07) is 0.872. The number of nitrogens with zero attached hydrogens (tertiary/aromatic N) is 5. The van der Waals surface area contributed by atoms with Crippen LogP contribution in [-0.4, -0.2) is 53.8 Å². The summed E-state index contributed by atoms with van der Waals surface area (Å²) in [5.41, 5.74) is 6.80. The monoisotopic (exact) mass is 478 g/mol. The lowest BCUT2D eigenvalue weighted by Gasteiger charge is -2.32. The van der Waals surface area contributed by atoms with Crippen molar-refractivity contribution in [1.82, 2.24) is 15.0 Å². The molecule has 0 spiro atoms. The Morgan fingerprint density at radius 1 is 1.41 bits per heavy atom. The van der Waals surface area contributed by atoms with Gasteiger partial charge in [0.15, 0.2) is 11.5 Å². The van der Waals surface area contributed by atoms with Gasteiger partial charge in [-0.25, -0.2) is 9.97 Å². The number of anilines is 3. The van der Waals surface area contributed by atoms with Crippen molar-refractivity contribution in [2.24, 2.45) is 10.7 Å². The van der Waals surface area contributed by atoms with E-state index in [9.17, 15) is 18.0 Å². The fourth-order valence-corrected chi connectivity index (χ4v) is 3.16. The maximum absolute atomic E-state index is 12.9. The number of nitrogens with one attached hydrogen (secondary N) is 2. The van der Waals surface area contributed by atoms with Gasteiger partial charge in [0.2, 0.25) is 11.9 Å². The summed E-state index contributed by atoms with van der Waals surface area (Å²) in [6.07, 6.45) is -0.658. The fraction of sp³-hybridized carbons (Fsp3) is 0.381. The molecule has 3 heterocycles.